The van der Waals surface area contributed by atoms with Gasteiger partial charge in [0.2, 0.25) is 5.91 Å². The van der Waals surface area contributed by atoms with Crippen molar-refractivity contribution < 1.29 is 23.9 Å². The summed E-state index contributed by atoms with van der Waals surface area (Å²) in [5.74, 6) is -1.40. The van der Waals surface area contributed by atoms with Crippen molar-refractivity contribution in [2.45, 2.75) is 33.2 Å². The van der Waals surface area contributed by atoms with E-state index in [0.29, 0.717) is 32.9 Å². The normalized spacial score (nSPS) is 11.7. The third-order valence-electron chi connectivity index (χ3n) is 5.99. The number of carbonyl (C=O) groups excluding carboxylic acids is 3. The lowest BCUT2D eigenvalue weighted by Crippen LogP contribution is -2.31. The van der Waals surface area contributed by atoms with Crippen LogP contribution in [0.2, 0.25) is 0 Å². The van der Waals surface area contributed by atoms with Crippen LogP contribution in [0.3, 0.4) is 0 Å². The van der Waals surface area contributed by atoms with Crippen LogP contribution in [-0.2, 0) is 20.7 Å². The molecule has 0 bridgehead atoms. The Kier molecular flexibility index (Phi) is 8.32. The number of esters is 2. The highest BCUT2D eigenvalue weighted by Gasteiger charge is 2.24. The monoisotopic (exact) mass is 533 g/mol. The highest BCUT2D eigenvalue weighted by atomic mass is 32.1. The van der Waals surface area contributed by atoms with Crippen LogP contribution in [-0.4, -0.2) is 40.6 Å². The standard InChI is InChI=1S/C28H27N3O6S/c1-4-36-27(34)20-10-12-21(13-11-20)30-24(32)18(3)31-16-29-25-22(26(31)33)17(2)23(38-25)28(35)37-15-14-19-8-6-5-7-9-19/h5-13,16,18H,4,14-15H2,1-3H3,(H,30,32). The van der Waals surface area contributed by atoms with Gasteiger partial charge in [-0.2, -0.15) is 0 Å². The van der Waals surface area contributed by atoms with Crippen LogP contribution in [0.15, 0.2) is 65.7 Å². The number of thiophene rings is 1. The van der Waals surface area contributed by atoms with E-state index in [4.69, 9.17) is 9.47 Å². The molecule has 196 valence electrons. The first-order valence-corrected chi connectivity index (χ1v) is 12.9. The van der Waals surface area contributed by atoms with Crippen molar-refractivity contribution >= 4 is 45.1 Å². The van der Waals surface area contributed by atoms with Gasteiger partial charge in [-0.1, -0.05) is 30.3 Å². The third kappa shape index (κ3) is 5.81. The molecule has 2 aromatic carbocycles. The first-order valence-electron chi connectivity index (χ1n) is 12.1. The summed E-state index contributed by atoms with van der Waals surface area (Å²) in [6.45, 7) is 5.46. The van der Waals surface area contributed by atoms with E-state index in [-0.39, 0.29) is 18.6 Å². The molecule has 1 unspecified atom stereocenters. The summed E-state index contributed by atoms with van der Waals surface area (Å²) < 4.78 is 11.6. The largest absolute Gasteiger partial charge is 0.462 e. The van der Waals surface area contributed by atoms with Gasteiger partial charge in [-0.05, 0) is 56.2 Å². The molecule has 0 aliphatic rings. The van der Waals surface area contributed by atoms with Gasteiger partial charge in [0, 0.05) is 12.1 Å². The quantitative estimate of drug-likeness (QED) is 0.314. The van der Waals surface area contributed by atoms with Gasteiger partial charge < -0.3 is 14.8 Å². The number of nitrogens with one attached hydrogen (secondary N) is 1. The molecule has 1 N–H and O–H groups in total. The molecule has 2 aromatic heterocycles. The molecule has 9 nitrogen and oxygen atoms in total. The van der Waals surface area contributed by atoms with Crippen molar-refractivity contribution in [3.05, 3.63) is 92.8 Å². The van der Waals surface area contributed by atoms with E-state index in [1.807, 2.05) is 30.3 Å². The van der Waals surface area contributed by atoms with Gasteiger partial charge in [0.25, 0.3) is 5.56 Å². The number of fused-ring (bicyclic) bond motifs is 1. The Balaban J connectivity index is 1.47. The molecule has 0 aliphatic heterocycles. The van der Waals surface area contributed by atoms with E-state index < -0.39 is 29.4 Å². The Labute approximate surface area is 223 Å². The molecule has 2 heterocycles. The average Bonchev–Trinajstić information content (AvgIpc) is 3.26. The maximum atomic E-state index is 13.3. The second kappa shape index (κ2) is 11.8. The topological polar surface area (TPSA) is 117 Å². The van der Waals surface area contributed by atoms with Crippen molar-refractivity contribution in [3.63, 3.8) is 0 Å². The minimum absolute atomic E-state index is 0.214. The zero-order valence-corrected chi connectivity index (χ0v) is 22.0. The lowest BCUT2D eigenvalue weighted by Gasteiger charge is -2.15. The first-order chi connectivity index (χ1) is 18.3. The van der Waals surface area contributed by atoms with Crippen LogP contribution < -0.4 is 10.9 Å². The molecule has 4 rings (SSSR count). The molecule has 0 fully saturated rings. The third-order valence-corrected chi connectivity index (χ3v) is 7.17. The van der Waals surface area contributed by atoms with Crippen molar-refractivity contribution in [1.29, 1.82) is 0 Å². The fraction of sp³-hybridized carbons (Fsp3) is 0.250. The van der Waals surface area contributed by atoms with E-state index in [0.717, 1.165) is 16.9 Å². The molecule has 4 aromatic rings. The number of benzene rings is 2. The van der Waals surface area contributed by atoms with Crippen molar-refractivity contribution in [3.8, 4) is 0 Å². The van der Waals surface area contributed by atoms with Crippen LogP contribution in [0, 0.1) is 6.92 Å². The van der Waals surface area contributed by atoms with E-state index >= 15 is 0 Å². The minimum Gasteiger partial charge on any atom is -0.462 e. The van der Waals surface area contributed by atoms with E-state index in [1.54, 1.807) is 45.0 Å². The molecule has 0 saturated carbocycles. The van der Waals surface area contributed by atoms with Crippen LogP contribution in [0.1, 0.15) is 51.0 Å². The van der Waals surface area contributed by atoms with Gasteiger partial charge in [-0.3, -0.25) is 14.2 Å². The maximum Gasteiger partial charge on any atom is 0.348 e. The van der Waals surface area contributed by atoms with Gasteiger partial charge in [-0.15, -0.1) is 11.3 Å². The van der Waals surface area contributed by atoms with E-state index in [1.165, 1.54) is 10.9 Å². The Morgan fingerprint density at radius 2 is 1.74 bits per heavy atom. The van der Waals surface area contributed by atoms with Crippen molar-refractivity contribution in [1.82, 2.24) is 9.55 Å². The number of rotatable bonds is 9. The number of aromatic nitrogens is 2. The highest BCUT2D eigenvalue weighted by molar-refractivity contribution is 7.20. The number of hydrogen-bond donors (Lipinski definition) is 1. The van der Waals surface area contributed by atoms with Crippen molar-refractivity contribution in [2.24, 2.45) is 0 Å². The molecule has 1 atom stereocenters. The van der Waals surface area contributed by atoms with Crippen molar-refractivity contribution in [2.75, 3.05) is 18.5 Å². The second-order valence-corrected chi connectivity index (χ2v) is 9.53. The lowest BCUT2D eigenvalue weighted by molar-refractivity contribution is -0.118. The van der Waals surface area contributed by atoms with Crippen LogP contribution in [0.4, 0.5) is 5.69 Å². The molecule has 0 saturated heterocycles. The number of nitrogens with zero attached hydrogens (tertiary/aromatic N) is 2. The average molecular weight is 534 g/mol. The van der Waals surface area contributed by atoms with E-state index in [9.17, 15) is 19.2 Å². The second-order valence-electron chi connectivity index (χ2n) is 8.53. The zero-order chi connectivity index (χ0) is 27.2. The number of carbonyl (C=O) groups is 3. The summed E-state index contributed by atoms with van der Waals surface area (Å²) in [4.78, 5) is 55.8. The highest BCUT2D eigenvalue weighted by Crippen LogP contribution is 2.28. The lowest BCUT2D eigenvalue weighted by atomic mass is 10.2. The fourth-order valence-electron chi connectivity index (χ4n) is 3.86. The number of amides is 1. The smallest absolute Gasteiger partial charge is 0.348 e. The number of hydrogen-bond acceptors (Lipinski definition) is 8. The molecule has 10 heteroatoms. The van der Waals surface area contributed by atoms with Gasteiger partial charge in [0.05, 0.1) is 30.5 Å². The van der Waals surface area contributed by atoms with Gasteiger partial charge in [0.15, 0.2) is 0 Å². The Morgan fingerprint density at radius 1 is 1.03 bits per heavy atom. The molecular weight excluding hydrogens is 506 g/mol. The van der Waals surface area contributed by atoms with Crippen LogP contribution in [0.5, 0.6) is 0 Å². The Hall–Kier alpha value is -4.31. The molecule has 38 heavy (non-hydrogen) atoms. The maximum absolute atomic E-state index is 13.3. The molecule has 0 spiro atoms. The zero-order valence-electron chi connectivity index (χ0n) is 21.2. The van der Waals surface area contributed by atoms with E-state index in [2.05, 4.69) is 10.3 Å². The predicted octanol–water partition coefficient (Wildman–Crippen LogP) is 4.54. The predicted molar refractivity (Wildman–Crippen MR) is 145 cm³/mol. The van der Waals surface area contributed by atoms with Crippen LogP contribution in [0.25, 0.3) is 10.2 Å². The van der Waals surface area contributed by atoms with Crippen LogP contribution >= 0.6 is 11.3 Å². The summed E-state index contributed by atoms with van der Waals surface area (Å²) in [6, 6.07) is 15.1. The summed E-state index contributed by atoms with van der Waals surface area (Å²) in [7, 11) is 0. The SMILES string of the molecule is CCOC(=O)c1ccc(NC(=O)C(C)n2cnc3sc(C(=O)OCCc4ccccc4)c(C)c3c2=O)cc1. The van der Waals surface area contributed by atoms with Gasteiger partial charge in [0.1, 0.15) is 15.7 Å². The fourth-order valence-corrected chi connectivity index (χ4v) is 4.89. The summed E-state index contributed by atoms with van der Waals surface area (Å²) in [6.07, 6.45) is 1.89. The minimum atomic E-state index is -0.885. The first kappa shape index (κ1) is 26.7. The van der Waals surface area contributed by atoms with Gasteiger partial charge in [-0.25, -0.2) is 14.6 Å². The van der Waals surface area contributed by atoms with Gasteiger partial charge >= 0.3 is 11.9 Å². The summed E-state index contributed by atoms with van der Waals surface area (Å²) in [5.41, 5.74) is 1.94. The molecule has 0 aliphatic carbocycles. The number of anilines is 1. The molecular formula is C28H27N3O6S. The Bertz CT molecular complexity index is 1530. The summed E-state index contributed by atoms with van der Waals surface area (Å²) >= 11 is 1.09. The molecule has 0 radical (unpaired) electrons. The number of ether oxygens (including phenoxy) is 2. The summed E-state index contributed by atoms with van der Waals surface area (Å²) in [5, 5.41) is 3.02. The number of aryl methyl sites for hydroxylation is 1. The molecule has 1 amide bonds. The Morgan fingerprint density at radius 3 is 2.42 bits per heavy atom.